The van der Waals surface area contributed by atoms with E-state index in [0.717, 1.165) is 46.9 Å². The molecular formula is C32H37N3O2. The average molecular weight is 496 g/mol. The summed E-state index contributed by atoms with van der Waals surface area (Å²) < 4.78 is 7.75. The smallest absolute Gasteiger partial charge is 0.410 e. The number of rotatable bonds is 12. The minimum absolute atomic E-state index is 0.447. The molecule has 4 rings (SSSR count). The summed E-state index contributed by atoms with van der Waals surface area (Å²) in [7, 11) is 0. The van der Waals surface area contributed by atoms with Crippen molar-refractivity contribution in [3.63, 3.8) is 0 Å². The van der Waals surface area contributed by atoms with Crippen molar-refractivity contribution in [1.29, 1.82) is 0 Å². The highest BCUT2D eigenvalue weighted by Gasteiger charge is 2.21. The molecule has 0 aliphatic carbocycles. The Morgan fingerprint density at radius 1 is 0.757 bits per heavy atom. The Morgan fingerprint density at radius 2 is 1.38 bits per heavy atom. The van der Waals surface area contributed by atoms with Crippen molar-refractivity contribution in [2.24, 2.45) is 0 Å². The third-order valence-electron chi connectivity index (χ3n) is 6.44. The SMILES string of the molecule is CCCCCCCCn1c(-c2ccc(OC(=O)NCC)cc2)nc(-c2ccccc2)c1-c1ccccc1. The lowest BCUT2D eigenvalue weighted by atomic mass is 10.0. The van der Waals surface area contributed by atoms with Crippen LogP contribution in [0.4, 0.5) is 4.79 Å². The fourth-order valence-electron chi connectivity index (χ4n) is 4.59. The molecule has 0 bridgehead atoms. The third kappa shape index (κ3) is 6.88. The third-order valence-corrected chi connectivity index (χ3v) is 6.44. The monoisotopic (exact) mass is 495 g/mol. The Bertz CT molecular complexity index is 1250. The van der Waals surface area contributed by atoms with Gasteiger partial charge in [-0.2, -0.15) is 0 Å². The summed E-state index contributed by atoms with van der Waals surface area (Å²) in [6.07, 6.45) is 6.96. The van der Waals surface area contributed by atoms with Crippen molar-refractivity contribution in [1.82, 2.24) is 14.9 Å². The van der Waals surface area contributed by atoms with Crippen molar-refractivity contribution in [2.75, 3.05) is 6.54 Å². The molecule has 0 saturated heterocycles. The first-order valence-corrected chi connectivity index (χ1v) is 13.5. The standard InChI is InChI=1S/C32H37N3O2/c1-3-5-6-7-8-15-24-35-30(26-18-13-10-14-19-26)29(25-16-11-9-12-17-25)34-31(35)27-20-22-28(23-21-27)37-32(36)33-4-2/h9-14,16-23H,3-8,15,24H2,1-2H3,(H,33,36). The van der Waals surface area contributed by atoms with Crippen LogP contribution in [0.3, 0.4) is 0 Å². The van der Waals surface area contributed by atoms with Gasteiger partial charge in [0, 0.05) is 29.8 Å². The predicted octanol–water partition coefficient (Wildman–Crippen LogP) is 8.35. The molecule has 0 aliphatic rings. The second-order valence-corrected chi connectivity index (χ2v) is 9.23. The highest BCUT2D eigenvalue weighted by atomic mass is 16.5. The minimum Gasteiger partial charge on any atom is -0.410 e. The van der Waals surface area contributed by atoms with Crippen LogP contribution in [0.1, 0.15) is 52.4 Å². The fraction of sp³-hybridized carbons (Fsp3) is 0.312. The van der Waals surface area contributed by atoms with Crippen LogP contribution in [-0.4, -0.2) is 22.2 Å². The van der Waals surface area contributed by atoms with Crippen LogP contribution in [0, 0.1) is 0 Å². The normalized spacial score (nSPS) is 10.9. The summed E-state index contributed by atoms with van der Waals surface area (Å²) >= 11 is 0. The van der Waals surface area contributed by atoms with Gasteiger partial charge in [0.25, 0.3) is 0 Å². The lowest BCUT2D eigenvalue weighted by molar-refractivity contribution is 0.201. The van der Waals surface area contributed by atoms with Gasteiger partial charge >= 0.3 is 6.09 Å². The number of amides is 1. The number of carbonyl (C=O) groups excluding carboxylic acids is 1. The van der Waals surface area contributed by atoms with Crippen molar-refractivity contribution >= 4 is 6.09 Å². The Kier molecular flexibility index (Phi) is 9.53. The van der Waals surface area contributed by atoms with E-state index in [0.29, 0.717) is 12.3 Å². The molecule has 4 aromatic rings. The summed E-state index contributed by atoms with van der Waals surface area (Å²) in [5.41, 5.74) is 5.37. The van der Waals surface area contributed by atoms with E-state index in [9.17, 15) is 4.79 Å². The van der Waals surface area contributed by atoms with Gasteiger partial charge < -0.3 is 14.6 Å². The van der Waals surface area contributed by atoms with Gasteiger partial charge in [-0.15, -0.1) is 0 Å². The molecule has 0 unspecified atom stereocenters. The summed E-state index contributed by atoms with van der Waals surface area (Å²) in [5.74, 6) is 1.44. The molecule has 5 nitrogen and oxygen atoms in total. The van der Waals surface area contributed by atoms with E-state index in [1.807, 2.05) is 37.3 Å². The van der Waals surface area contributed by atoms with Crippen LogP contribution in [0.2, 0.25) is 0 Å². The van der Waals surface area contributed by atoms with E-state index in [4.69, 9.17) is 9.72 Å². The quantitative estimate of drug-likeness (QED) is 0.201. The molecular weight excluding hydrogens is 458 g/mol. The van der Waals surface area contributed by atoms with Crippen LogP contribution in [0.5, 0.6) is 5.75 Å². The first-order chi connectivity index (χ1) is 18.2. The predicted molar refractivity (Wildman–Crippen MR) is 152 cm³/mol. The van der Waals surface area contributed by atoms with Gasteiger partial charge in [-0.3, -0.25) is 0 Å². The maximum Gasteiger partial charge on any atom is 0.412 e. The highest BCUT2D eigenvalue weighted by Crippen LogP contribution is 2.37. The van der Waals surface area contributed by atoms with Crippen LogP contribution >= 0.6 is 0 Å². The summed E-state index contributed by atoms with van der Waals surface area (Å²) in [5, 5.41) is 2.66. The molecule has 0 saturated carbocycles. The van der Waals surface area contributed by atoms with Crippen molar-refractivity contribution in [3.05, 3.63) is 84.9 Å². The van der Waals surface area contributed by atoms with E-state index in [1.54, 1.807) is 0 Å². The van der Waals surface area contributed by atoms with Gasteiger partial charge in [-0.25, -0.2) is 9.78 Å². The molecule has 1 N–H and O–H groups in total. The first-order valence-electron chi connectivity index (χ1n) is 13.5. The molecule has 3 aromatic carbocycles. The fourth-order valence-corrected chi connectivity index (χ4v) is 4.59. The van der Waals surface area contributed by atoms with E-state index in [1.165, 1.54) is 32.1 Å². The Labute approximate surface area is 220 Å². The van der Waals surface area contributed by atoms with Crippen LogP contribution in [0.15, 0.2) is 84.9 Å². The van der Waals surface area contributed by atoms with E-state index in [2.05, 4.69) is 71.4 Å². The van der Waals surface area contributed by atoms with Gasteiger partial charge in [0.15, 0.2) is 0 Å². The van der Waals surface area contributed by atoms with E-state index >= 15 is 0 Å². The lowest BCUT2D eigenvalue weighted by Crippen LogP contribution is -2.26. The number of unbranched alkanes of at least 4 members (excludes halogenated alkanes) is 5. The number of benzene rings is 3. The van der Waals surface area contributed by atoms with Crippen LogP contribution in [-0.2, 0) is 6.54 Å². The van der Waals surface area contributed by atoms with Crippen LogP contribution in [0.25, 0.3) is 33.9 Å². The molecule has 0 aliphatic heterocycles. The molecule has 1 amide bonds. The summed E-state index contributed by atoms with van der Waals surface area (Å²) in [6, 6.07) is 28.6. The molecule has 1 aromatic heterocycles. The Morgan fingerprint density at radius 3 is 2.03 bits per heavy atom. The Balaban J connectivity index is 1.74. The number of nitrogens with zero attached hydrogens (tertiary/aromatic N) is 2. The zero-order chi connectivity index (χ0) is 25.9. The van der Waals surface area contributed by atoms with Crippen LogP contribution < -0.4 is 10.1 Å². The second kappa shape index (κ2) is 13.4. The zero-order valence-electron chi connectivity index (χ0n) is 22.0. The van der Waals surface area contributed by atoms with Crippen molar-refractivity contribution < 1.29 is 9.53 Å². The number of ether oxygens (including phenoxy) is 1. The maximum atomic E-state index is 11.8. The number of nitrogens with one attached hydrogen (secondary N) is 1. The molecule has 0 spiro atoms. The minimum atomic E-state index is -0.447. The van der Waals surface area contributed by atoms with Gasteiger partial charge in [0.1, 0.15) is 11.6 Å². The maximum absolute atomic E-state index is 11.8. The van der Waals surface area contributed by atoms with E-state index in [-0.39, 0.29) is 0 Å². The number of imidazole rings is 1. The average Bonchev–Trinajstić information content (AvgIpc) is 3.31. The molecule has 37 heavy (non-hydrogen) atoms. The largest absolute Gasteiger partial charge is 0.412 e. The number of hydrogen-bond acceptors (Lipinski definition) is 3. The topological polar surface area (TPSA) is 56.1 Å². The highest BCUT2D eigenvalue weighted by molar-refractivity contribution is 5.82. The van der Waals surface area contributed by atoms with Gasteiger partial charge in [0.2, 0.25) is 0 Å². The molecule has 192 valence electrons. The number of hydrogen-bond donors (Lipinski definition) is 1. The van der Waals surface area contributed by atoms with Gasteiger partial charge in [0.05, 0.1) is 11.4 Å². The number of carbonyl (C=O) groups is 1. The molecule has 5 heteroatoms. The Hall–Kier alpha value is -3.86. The van der Waals surface area contributed by atoms with Crippen molar-refractivity contribution in [2.45, 2.75) is 58.9 Å². The molecule has 1 heterocycles. The van der Waals surface area contributed by atoms with E-state index < -0.39 is 6.09 Å². The number of aromatic nitrogens is 2. The molecule has 0 radical (unpaired) electrons. The lowest BCUT2D eigenvalue weighted by Gasteiger charge is -2.14. The van der Waals surface area contributed by atoms with Gasteiger partial charge in [-0.1, -0.05) is 99.7 Å². The van der Waals surface area contributed by atoms with Crippen molar-refractivity contribution in [3.8, 4) is 39.7 Å². The zero-order valence-corrected chi connectivity index (χ0v) is 22.0. The summed E-state index contributed by atoms with van der Waals surface area (Å²) in [4.78, 5) is 17.1. The summed E-state index contributed by atoms with van der Waals surface area (Å²) in [6.45, 7) is 5.53. The first kappa shape index (κ1) is 26.2. The molecule has 0 fully saturated rings. The second-order valence-electron chi connectivity index (χ2n) is 9.23. The molecule has 0 atom stereocenters. The van der Waals surface area contributed by atoms with Gasteiger partial charge in [-0.05, 0) is 37.6 Å².